The molecule has 0 atom stereocenters. The van der Waals surface area contributed by atoms with Gasteiger partial charge in [0.15, 0.2) is 0 Å². The molecule has 19 heavy (non-hydrogen) atoms. The zero-order valence-electron chi connectivity index (χ0n) is 9.38. The predicted molar refractivity (Wildman–Crippen MR) is 83.6 cm³/mol. The lowest BCUT2D eigenvalue weighted by atomic mass is 10.2. The molecule has 2 aromatic carbocycles. The number of hydrogen-bond donors (Lipinski definition) is 1. The normalized spacial score (nSPS) is 10.3. The lowest BCUT2D eigenvalue weighted by molar-refractivity contribution is 0.102. The zero-order chi connectivity index (χ0) is 14.0. The number of rotatable bonds is 2. The van der Waals surface area contributed by atoms with E-state index < -0.39 is 0 Å². The van der Waals surface area contributed by atoms with Gasteiger partial charge in [-0.2, -0.15) is 0 Å². The van der Waals surface area contributed by atoms with E-state index in [9.17, 15) is 4.79 Å². The first-order valence-electron chi connectivity index (χ1n) is 5.18. The largest absolute Gasteiger partial charge is 0.322 e. The summed E-state index contributed by atoms with van der Waals surface area (Å²) in [6.45, 7) is 0. The minimum atomic E-state index is -0.276. The molecule has 0 aliphatic heterocycles. The molecule has 2 rings (SSSR count). The number of carbonyl (C=O) groups excluding carboxylic acids is 1. The Labute approximate surface area is 133 Å². The maximum absolute atomic E-state index is 12.0. The van der Waals surface area contributed by atoms with Gasteiger partial charge in [-0.05, 0) is 36.4 Å². The molecule has 2 aromatic rings. The highest BCUT2D eigenvalue weighted by Gasteiger charge is 2.09. The van der Waals surface area contributed by atoms with Crippen LogP contribution in [0.5, 0.6) is 0 Å². The summed E-state index contributed by atoms with van der Waals surface area (Å²) in [5.41, 5.74) is 1.01. The van der Waals surface area contributed by atoms with Crippen LogP contribution in [0.2, 0.25) is 15.1 Å². The van der Waals surface area contributed by atoms with Gasteiger partial charge in [-0.25, -0.2) is 0 Å². The van der Waals surface area contributed by atoms with Crippen molar-refractivity contribution in [1.82, 2.24) is 0 Å². The molecule has 0 heterocycles. The van der Waals surface area contributed by atoms with Gasteiger partial charge in [0.25, 0.3) is 5.91 Å². The number of halogens is 4. The van der Waals surface area contributed by atoms with Gasteiger partial charge < -0.3 is 5.32 Å². The number of nitrogens with one attached hydrogen (secondary N) is 1. The molecule has 2 nitrogen and oxygen atoms in total. The van der Waals surface area contributed by atoms with Gasteiger partial charge in [0.05, 0.1) is 10.0 Å². The second-order valence-electron chi connectivity index (χ2n) is 3.74. The minimum Gasteiger partial charge on any atom is -0.322 e. The number of benzene rings is 2. The van der Waals surface area contributed by atoms with Crippen molar-refractivity contribution in [1.29, 1.82) is 0 Å². The average Bonchev–Trinajstić information content (AvgIpc) is 2.32. The first kappa shape index (κ1) is 14.7. The second-order valence-corrected chi connectivity index (χ2v) is 5.91. The fourth-order valence-electron chi connectivity index (χ4n) is 1.46. The molecule has 0 saturated heterocycles. The van der Waals surface area contributed by atoms with E-state index >= 15 is 0 Å². The maximum Gasteiger partial charge on any atom is 0.255 e. The third kappa shape index (κ3) is 3.86. The highest BCUT2D eigenvalue weighted by atomic mass is 79.9. The molecular weight excluding hydrogens is 372 g/mol. The number of anilines is 1. The Morgan fingerprint density at radius 1 is 1.00 bits per heavy atom. The van der Waals surface area contributed by atoms with Crippen molar-refractivity contribution in [3.8, 4) is 0 Å². The van der Waals surface area contributed by atoms with E-state index in [0.717, 1.165) is 4.47 Å². The summed E-state index contributed by atoms with van der Waals surface area (Å²) in [5.74, 6) is -0.276. The summed E-state index contributed by atoms with van der Waals surface area (Å²) < 4.78 is 0.735. The summed E-state index contributed by atoms with van der Waals surface area (Å²) in [6.07, 6.45) is 0. The Morgan fingerprint density at radius 3 is 2.37 bits per heavy atom. The Hall–Kier alpha value is -0.740. The molecule has 0 saturated carbocycles. The zero-order valence-corrected chi connectivity index (χ0v) is 13.2. The molecule has 0 aliphatic rings. The monoisotopic (exact) mass is 377 g/mol. The van der Waals surface area contributed by atoms with Crippen LogP contribution in [0, 0.1) is 0 Å². The average molecular weight is 379 g/mol. The van der Waals surface area contributed by atoms with E-state index in [4.69, 9.17) is 34.8 Å². The van der Waals surface area contributed by atoms with Crippen molar-refractivity contribution < 1.29 is 4.79 Å². The Bertz CT molecular complexity index is 626. The van der Waals surface area contributed by atoms with Crippen LogP contribution in [0.3, 0.4) is 0 Å². The molecule has 0 fully saturated rings. The van der Waals surface area contributed by atoms with E-state index in [1.54, 1.807) is 36.4 Å². The van der Waals surface area contributed by atoms with Crippen molar-refractivity contribution >= 4 is 62.3 Å². The van der Waals surface area contributed by atoms with Crippen LogP contribution in [0.4, 0.5) is 5.69 Å². The first-order chi connectivity index (χ1) is 8.95. The van der Waals surface area contributed by atoms with Crippen LogP contribution in [-0.4, -0.2) is 5.91 Å². The number of hydrogen-bond acceptors (Lipinski definition) is 1. The molecule has 0 aliphatic carbocycles. The smallest absolute Gasteiger partial charge is 0.255 e. The van der Waals surface area contributed by atoms with E-state index in [2.05, 4.69) is 21.2 Å². The van der Waals surface area contributed by atoms with Crippen LogP contribution in [-0.2, 0) is 0 Å². The van der Waals surface area contributed by atoms with Crippen LogP contribution in [0.15, 0.2) is 40.9 Å². The summed E-state index contributed by atoms with van der Waals surface area (Å²) in [5, 5.41) is 4.02. The molecule has 1 amide bonds. The fourth-order valence-corrected chi connectivity index (χ4v) is 2.62. The fraction of sp³-hybridized carbons (Fsp3) is 0. The third-order valence-corrected chi connectivity index (χ3v) is 3.72. The van der Waals surface area contributed by atoms with E-state index in [1.807, 2.05) is 0 Å². The first-order valence-corrected chi connectivity index (χ1v) is 7.11. The highest BCUT2D eigenvalue weighted by Crippen LogP contribution is 2.26. The van der Waals surface area contributed by atoms with Crippen molar-refractivity contribution in [3.05, 3.63) is 61.5 Å². The molecule has 0 spiro atoms. The molecule has 98 valence electrons. The summed E-state index contributed by atoms with van der Waals surface area (Å²) in [7, 11) is 0. The molecule has 0 aromatic heterocycles. The van der Waals surface area contributed by atoms with E-state index in [-0.39, 0.29) is 5.91 Å². The van der Waals surface area contributed by atoms with Gasteiger partial charge >= 0.3 is 0 Å². The maximum atomic E-state index is 12.0. The Morgan fingerprint density at radius 2 is 1.74 bits per heavy atom. The van der Waals surface area contributed by atoms with Crippen LogP contribution in [0.1, 0.15) is 10.4 Å². The van der Waals surface area contributed by atoms with E-state index in [1.165, 1.54) is 0 Å². The standard InChI is InChI=1S/C13H7BrCl3NO/c14-8-3-7(4-9(15)5-8)13(19)18-10-1-2-11(16)12(17)6-10/h1-6H,(H,18,19). The Kier molecular flexibility index (Phi) is 4.74. The summed E-state index contributed by atoms with van der Waals surface area (Å²) in [4.78, 5) is 12.0. The van der Waals surface area contributed by atoms with Crippen molar-refractivity contribution in [3.63, 3.8) is 0 Å². The number of carbonyl (C=O) groups is 1. The molecular formula is C13H7BrCl3NO. The molecule has 6 heteroatoms. The highest BCUT2D eigenvalue weighted by molar-refractivity contribution is 9.10. The van der Waals surface area contributed by atoms with Crippen molar-refractivity contribution in [2.45, 2.75) is 0 Å². The lowest BCUT2D eigenvalue weighted by Crippen LogP contribution is -2.11. The lowest BCUT2D eigenvalue weighted by Gasteiger charge is -2.07. The van der Waals surface area contributed by atoms with Crippen LogP contribution >= 0.6 is 50.7 Å². The van der Waals surface area contributed by atoms with Gasteiger partial charge in [-0.15, -0.1) is 0 Å². The van der Waals surface area contributed by atoms with Gasteiger partial charge in [0.1, 0.15) is 0 Å². The molecule has 0 radical (unpaired) electrons. The van der Waals surface area contributed by atoms with Gasteiger partial charge in [-0.3, -0.25) is 4.79 Å². The Balaban J connectivity index is 2.22. The molecule has 0 bridgehead atoms. The van der Waals surface area contributed by atoms with Crippen LogP contribution < -0.4 is 5.32 Å². The molecule has 1 N–H and O–H groups in total. The van der Waals surface area contributed by atoms with E-state index in [0.29, 0.717) is 26.3 Å². The summed E-state index contributed by atoms with van der Waals surface area (Å²) >= 11 is 20.9. The molecule has 0 unspecified atom stereocenters. The number of amides is 1. The summed E-state index contributed by atoms with van der Waals surface area (Å²) in [6, 6.07) is 9.84. The van der Waals surface area contributed by atoms with Gasteiger partial charge in [-0.1, -0.05) is 50.7 Å². The topological polar surface area (TPSA) is 29.1 Å². The van der Waals surface area contributed by atoms with Crippen LogP contribution in [0.25, 0.3) is 0 Å². The minimum absolute atomic E-state index is 0.276. The second kappa shape index (κ2) is 6.14. The van der Waals surface area contributed by atoms with Crippen molar-refractivity contribution in [2.75, 3.05) is 5.32 Å². The van der Waals surface area contributed by atoms with Gasteiger partial charge in [0.2, 0.25) is 0 Å². The third-order valence-electron chi connectivity index (χ3n) is 2.30. The quantitative estimate of drug-likeness (QED) is 0.716. The SMILES string of the molecule is O=C(Nc1ccc(Cl)c(Cl)c1)c1cc(Cl)cc(Br)c1. The predicted octanol–water partition coefficient (Wildman–Crippen LogP) is 5.66. The van der Waals surface area contributed by atoms with Crippen molar-refractivity contribution in [2.24, 2.45) is 0 Å². The van der Waals surface area contributed by atoms with Gasteiger partial charge in [0, 0.05) is 20.7 Å².